The maximum absolute atomic E-state index is 13.7. The summed E-state index contributed by atoms with van der Waals surface area (Å²) < 4.78 is 13.7. The third kappa shape index (κ3) is 2.87. The Balaban J connectivity index is 1.41. The average molecular weight is 364 g/mol. The standard InChI is InChI=1S/C20H21FN6/c1-13-24-18-4-2-3-15(18)20(25-13)27-9-7-26(8-10-27)19-16-11-14(21)5-6-17(16)22-12-23-19/h5-6,11-12H,2-4,7-10H2,1H3. The molecule has 1 aliphatic heterocycles. The lowest BCUT2D eigenvalue weighted by molar-refractivity contribution is 0.627. The molecule has 1 saturated heterocycles. The number of rotatable bonds is 2. The minimum atomic E-state index is -0.260. The predicted molar refractivity (Wildman–Crippen MR) is 103 cm³/mol. The lowest BCUT2D eigenvalue weighted by Gasteiger charge is -2.37. The van der Waals surface area contributed by atoms with Crippen LogP contribution in [0, 0.1) is 12.7 Å². The molecule has 0 bridgehead atoms. The summed E-state index contributed by atoms with van der Waals surface area (Å²) in [7, 11) is 0. The second-order valence-electron chi connectivity index (χ2n) is 7.21. The van der Waals surface area contributed by atoms with Crippen LogP contribution in [0.25, 0.3) is 10.9 Å². The van der Waals surface area contributed by atoms with E-state index in [1.54, 1.807) is 12.4 Å². The van der Waals surface area contributed by atoms with Crippen molar-refractivity contribution in [3.05, 3.63) is 47.4 Å². The van der Waals surface area contributed by atoms with Gasteiger partial charge in [-0.1, -0.05) is 0 Å². The van der Waals surface area contributed by atoms with Crippen LogP contribution >= 0.6 is 0 Å². The number of hydrogen-bond acceptors (Lipinski definition) is 6. The molecule has 5 rings (SSSR count). The molecular formula is C20H21FN6. The zero-order valence-corrected chi connectivity index (χ0v) is 15.3. The molecule has 3 aromatic rings. The smallest absolute Gasteiger partial charge is 0.140 e. The Hall–Kier alpha value is -2.83. The summed E-state index contributed by atoms with van der Waals surface area (Å²) in [4.78, 5) is 22.6. The maximum Gasteiger partial charge on any atom is 0.140 e. The lowest BCUT2D eigenvalue weighted by atomic mass is 10.2. The van der Waals surface area contributed by atoms with Crippen LogP contribution in [-0.2, 0) is 12.8 Å². The van der Waals surface area contributed by atoms with Crippen molar-refractivity contribution in [3.63, 3.8) is 0 Å². The van der Waals surface area contributed by atoms with E-state index in [4.69, 9.17) is 4.98 Å². The molecule has 1 aromatic carbocycles. The number of anilines is 2. The van der Waals surface area contributed by atoms with E-state index in [9.17, 15) is 4.39 Å². The van der Waals surface area contributed by atoms with Gasteiger partial charge in [0, 0.05) is 42.8 Å². The zero-order chi connectivity index (χ0) is 18.4. The molecular weight excluding hydrogens is 343 g/mol. The van der Waals surface area contributed by atoms with Crippen LogP contribution in [0.15, 0.2) is 24.5 Å². The minimum absolute atomic E-state index is 0.260. The Morgan fingerprint density at radius 2 is 1.70 bits per heavy atom. The highest BCUT2D eigenvalue weighted by atomic mass is 19.1. The highest BCUT2D eigenvalue weighted by molar-refractivity contribution is 5.89. The number of aromatic nitrogens is 4. The maximum atomic E-state index is 13.7. The van der Waals surface area contributed by atoms with Gasteiger partial charge in [0.2, 0.25) is 0 Å². The van der Waals surface area contributed by atoms with Crippen LogP contribution in [0.5, 0.6) is 0 Å². The first kappa shape index (κ1) is 16.4. The van der Waals surface area contributed by atoms with Crippen LogP contribution in [0.3, 0.4) is 0 Å². The first-order valence-electron chi connectivity index (χ1n) is 9.45. The summed E-state index contributed by atoms with van der Waals surface area (Å²) in [6.45, 7) is 5.34. The second-order valence-corrected chi connectivity index (χ2v) is 7.21. The molecule has 1 fully saturated rings. The summed E-state index contributed by atoms with van der Waals surface area (Å²) in [5, 5.41) is 0.768. The average Bonchev–Trinajstić information content (AvgIpc) is 3.15. The van der Waals surface area contributed by atoms with Crippen molar-refractivity contribution in [1.82, 2.24) is 19.9 Å². The lowest BCUT2D eigenvalue weighted by Crippen LogP contribution is -2.47. The molecule has 1 aliphatic carbocycles. The van der Waals surface area contributed by atoms with Gasteiger partial charge in [0.05, 0.1) is 5.52 Å². The van der Waals surface area contributed by atoms with E-state index in [0.717, 1.165) is 67.4 Å². The first-order chi connectivity index (χ1) is 13.2. The van der Waals surface area contributed by atoms with E-state index >= 15 is 0 Å². The molecule has 0 saturated carbocycles. The minimum Gasteiger partial charge on any atom is -0.353 e. The normalized spacial score (nSPS) is 16.8. The van der Waals surface area contributed by atoms with E-state index in [1.807, 2.05) is 6.92 Å². The molecule has 0 N–H and O–H groups in total. The summed E-state index contributed by atoms with van der Waals surface area (Å²) in [6.07, 6.45) is 4.85. The van der Waals surface area contributed by atoms with Crippen LogP contribution in [0.1, 0.15) is 23.5 Å². The van der Waals surface area contributed by atoms with Gasteiger partial charge in [0.15, 0.2) is 0 Å². The fourth-order valence-corrected chi connectivity index (χ4v) is 4.19. The first-order valence-corrected chi connectivity index (χ1v) is 9.45. The van der Waals surface area contributed by atoms with Crippen LogP contribution < -0.4 is 9.80 Å². The molecule has 2 aliphatic rings. The number of benzene rings is 1. The van der Waals surface area contributed by atoms with Gasteiger partial charge in [0.25, 0.3) is 0 Å². The Labute approximate surface area is 157 Å². The third-order valence-corrected chi connectivity index (χ3v) is 5.48. The van der Waals surface area contributed by atoms with Crippen molar-refractivity contribution in [2.24, 2.45) is 0 Å². The topological polar surface area (TPSA) is 58.0 Å². The van der Waals surface area contributed by atoms with Gasteiger partial charge < -0.3 is 9.80 Å². The highest BCUT2D eigenvalue weighted by Crippen LogP contribution is 2.30. The Kier molecular flexibility index (Phi) is 3.88. The largest absolute Gasteiger partial charge is 0.353 e. The molecule has 0 spiro atoms. The summed E-state index contributed by atoms with van der Waals surface area (Å²) in [5.41, 5.74) is 3.31. The van der Waals surface area contributed by atoms with Crippen molar-refractivity contribution >= 4 is 22.5 Å². The van der Waals surface area contributed by atoms with Gasteiger partial charge in [0.1, 0.15) is 29.6 Å². The number of fused-ring (bicyclic) bond motifs is 2. The van der Waals surface area contributed by atoms with Crippen molar-refractivity contribution in [3.8, 4) is 0 Å². The number of aryl methyl sites for hydroxylation is 2. The fourth-order valence-electron chi connectivity index (χ4n) is 4.19. The number of halogens is 1. The SMILES string of the molecule is Cc1nc2c(c(N3CCN(c4ncnc5ccc(F)cc45)CC3)n1)CCC2. The van der Waals surface area contributed by atoms with Gasteiger partial charge in [-0.05, 0) is 44.4 Å². The van der Waals surface area contributed by atoms with E-state index in [1.165, 1.54) is 29.8 Å². The molecule has 6 nitrogen and oxygen atoms in total. The Morgan fingerprint density at radius 1 is 0.926 bits per heavy atom. The quantitative estimate of drug-likeness (QED) is 0.697. The molecule has 3 heterocycles. The van der Waals surface area contributed by atoms with Gasteiger partial charge in [-0.2, -0.15) is 0 Å². The third-order valence-electron chi connectivity index (χ3n) is 5.48. The number of piperazine rings is 1. The Morgan fingerprint density at radius 3 is 2.52 bits per heavy atom. The van der Waals surface area contributed by atoms with Crippen molar-refractivity contribution in [2.75, 3.05) is 36.0 Å². The molecule has 27 heavy (non-hydrogen) atoms. The predicted octanol–water partition coefficient (Wildman–Crippen LogP) is 2.68. The molecule has 0 atom stereocenters. The van der Waals surface area contributed by atoms with Crippen LogP contribution in [0.2, 0.25) is 0 Å². The second kappa shape index (κ2) is 6.40. The van der Waals surface area contributed by atoms with Crippen LogP contribution in [0.4, 0.5) is 16.0 Å². The van der Waals surface area contributed by atoms with E-state index in [-0.39, 0.29) is 5.82 Å². The van der Waals surface area contributed by atoms with Crippen molar-refractivity contribution in [2.45, 2.75) is 26.2 Å². The van der Waals surface area contributed by atoms with E-state index in [2.05, 4.69) is 24.8 Å². The molecule has 7 heteroatoms. The molecule has 0 unspecified atom stereocenters. The van der Waals surface area contributed by atoms with Crippen LogP contribution in [-0.4, -0.2) is 46.1 Å². The Bertz CT molecular complexity index is 1010. The van der Waals surface area contributed by atoms with Crippen molar-refractivity contribution in [1.29, 1.82) is 0 Å². The van der Waals surface area contributed by atoms with Crippen molar-refractivity contribution < 1.29 is 4.39 Å². The number of hydrogen-bond donors (Lipinski definition) is 0. The molecule has 0 amide bonds. The van der Waals surface area contributed by atoms with E-state index in [0.29, 0.717) is 0 Å². The fraction of sp³-hybridized carbons (Fsp3) is 0.400. The van der Waals surface area contributed by atoms with Gasteiger partial charge >= 0.3 is 0 Å². The monoisotopic (exact) mass is 364 g/mol. The molecule has 138 valence electrons. The summed E-state index contributed by atoms with van der Waals surface area (Å²) in [5.74, 6) is 2.51. The summed E-state index contributed by atoms with van der Waals surface area (Å²) in [6, 6.07) is 4.67. The zero-order valence-electron chi connectivity index (χ0n) is 15.3. The number of nitrogens with zero attached hydrogens (tertiary/aromatic N) is 6. The van der Waals surface area contributed by atoms with E-state index < -0.39 is 0 Å². The van der Waals surface area contributed by atoms with Gasteiger partial charge in [-0.25, -0.2) is 24.3 Å². The molecule has 2 aromatic heterocycles. The molecule has 0 radical (unpaired) electrons. The summed E-state index contributed by atoms with van der Waals surface area (Å²) >= 11 is 0. The van der Waals surface area contributed by atoms with Gasteiger partial charge in [-0.3, -0.25) is 0 Å². The van der Waals surface area contributed by atoms with Gasteiger partial charge in [-0.15, -0.1) is 0 Å². The highest BCUT2D eigenvalue weighted by Gasteiger charge is 2.26.